The molecule has 0 saturated carbocycles. The molecule has 2 aromatic rings. The molecule has 0 aliphatic heterocycles. The SMILES string of the molecule is CC(C)(Cn1ccc2cccnc21)[N+](=O)[O-]. The fourth-order valence-electron chi connectivity index (χ4n) is 1.62. The molecule has 0 fully saturated rings. The molecule has 0 radical (unpaired) electrons. The summed E-state index contributed by atoms with van der Waals surface area (Å²) >= 11 is 0. The van der Waals surface area contributed by atoms with Crippen LogP contribution in [0.1, 0.15) is 13.8 Å². The third-order valence-electron chi connectivity index (χ3n) is 2.57. The average molecular weight is 219 g/mol. The quantitative estimate of drug-likeness (QED) is 0.586. The molecule has 0 aliphatic carbocycles. The molecule has 0 spiro atoms. The summed E-state index contributed by atoms with van der Waals surface area (Å²) in [4.78, 5) is 14.8. The largest absolute Gasteiger partial charge is 0.325 e. The van der Waals surface area contributed by atoms with E-state index in [0.29, 0.717) is 6.54 Å². The summed E-state index contributed by atoms with van der Waals surface area (Å²) in [7, 11) is 0. The minimum absolute atomic E-state index is 0.262. The number of rotatable bonds is 3. The van der Waals surface area contributed by atoms with Crippen molar-refractivity contribution < 1.29 is 4.92 Å². The zero-order chi connectivity index (χ0) is 11.8. The van der Waals surface area contributed by atoms with Crippen LogP contribution in [0.4, 0.5) is 0 Å². The molecule has 16 heavy (non-hydrogen) atoms. The van der Waals surface area contributed by atoms with Gasteiger partial charge in [0.2, 0.25) is 5.54 Å². The van der Waals surface area contributed by atoms with Crippen LogP contribution in [0, 0.1) is 10.1 Å². The standard InChI is InChI=1S/C11H13N3O2/c1-11(2,14(15)16)8-13-7-5-9-4-3-6-12-10(9)13/h3-7H,8H2,1-2H3. The van der Waals surface area contributed by atoms with E-state index < -0.39 is 5.54 Å². The van der Waals surface area contributed by atoms with Gasteiger partial charge in [-0.3, -0.25) is 10.1 Å². The lowest BCUT2D eigenvalue weighted by Crippen LogP contribution is -2.35. The Labute approximate surface area is 92.9 Å². The highest BCUT2D eigenvalue weighted by molar-refractivity contribution is 5.75. The molecule has 5 heteroatoms. The van der Waals surface area contributed by atoms with Crippen LogP contribution in [0.25, 0.3) is 11.0 Å². The molecule has 2 aromatic heterocycles. The highest BCUT2D eigenvalue weighted by Crippen LogP contribution is 2.17. The summed E-state index contributed by atoms with van der Waals surface area (Å²) in [6.07, 6.45) is 3.53. The smallest absolute Gasteiger partial charge is 0.234 e. The van der Waals surface area contributed by atoms with E-state index in [2.05, 4.69) is 4.98 Å². The van der Waals surface area contributed by atoms with Crippen LogP contribution in [-0.2, 0) is 6.54 Å². The first kappa shape index (κ1) is 10.6. The van der Waals surface area contributed by atoms with E-state index in [0.717, 1.165) is 11.0 Å². The van der Waals surface area contributed by atoms with Crippen molar-refractivity contribution in [2.45, 2.75) is 25.9 Å². The van der Waals surface area contributed by atoms with Crippen molar-refractivity contribution in [1.82, 2.24) is 9.55 Å². The Morgan fingerprint density at radius 2 is 2.25 bits per heavy atom. The van der Waals surface area contributed by atoms with E-state index in [1.54, 1.807) is 20.0 Å². The van der Waals surface area contributed by atoms with Gasteiger partial charge >= 0.3 is 0 Å². The monoisotopic (exact) mass is 219 g/mol. The van der Waals surface area contributed by atoms with E-state index >= 15 is 0 Å². The molecule has 2 rings (SSSR count). The van der Waals surface area contributed by atoms with Crippen molar-refractivity contribution in [3.05, 3.63) is 40.7 Å². The topological polar surface area (TPSA) is 61.0 Å². The Bertz CT molecular complexity index is 531. The molecule has 5 nitrogen and oxygen atoms in total. The van der Waals surface area contributed by atoms with E-state index in [4.69, 9.17) is 0 Å². The first-order chi connectivity index (χ1) is 7.50. The Balaban J connectivity index is 2.38. The lowest BCUT2D eigenvalue weighted by molar-refractivity contribution is -0.562. The molecular formula is C11H13N3O2. The fourth-order valence-corrected chi connectivity index (χ4v) is 1.62. The van der Waals surface area contributed by atoms with Crippen LogP contribution in [0.3, 0.4) is 0 Å². The molecule has 84 valence electrons. The van der Waals surface area contributed by atoms with Crippen molar-refractivity contribution in [2.24, 2.45) is 0 Å². The van der Waals surface area contributed by atoms with E-state index in [9.17, 15) is 10.1 Å². The van der Waals surface area contributed by atoms with Gasteiger partial charge in [0.1, 0.15) is 5.65 Å². The molecule has 0 N–H and O–H groups in total. The van der Waals surface area contributed by atoms with Crippen molar-refractivity contribution >= 4 is 11.0 Å². The van der Waals surface area contributed by atoms with Crippen LogP contribution in [0.5, 0.6) is 0 Å². The van der Waals surface area contributed by atoms with E-state index in [1.165, 1.54) is 0 Å². The zero-order valence-electron chi connectivity index (χ0n) is 9.25. The number of pyridine rings is 1. The number of hydrogen-bond donors (Lipinski definition) is 0. The maximum Gasteiger partial charge on any atom is 0.234 e. The van der Waals surface area contributed by atoms with E-state index in [1.807, 2.05) is 29.0 Å². The van der Waals surface area contributed by atoms with Gasteiger partial charge in [-0.05, 0) is 18.2 Å². The van der Waals surface area contributed by atoms with Crippen LogP contribution < -0.4 is 0 Å². The number of aromatic nitrogens is 2. The van der Waals surface area contributed by atoms with Crippen molar-refractivity contribution in [3.63, 3.8) is 0 Å². The zero-order valence-corrected chi connectivity index (χ0v) is 9.25. The van der Waals surface area contributed by atoms with Gasteiger partial charge in [0, 0.05) is 36.6 Å². The van der Waals surface area contributed by atoms with Crippen molar-refractivity contribution in [2.75, 3.05) is 0 Å². The van der Waals surface area contributed by atoms with Gasteiger partial charge in [-0.25, -0.2) is 4.98 Å². The normalized spacial score (nSPS) is 11.9. The molecular weight excluding hydrogens is 206 g/mol. The summed E-state index contributed by atoms with van der Waals surface area (Å²) in [5.41, 5.74) is -0.193. The summed E-state index contributed by atoms with van der Waals surface area (Å²) in [6, 6.07) is 5.71. The Hall–Kier alpha value is -1.91. The van der Waals surface area contributed by atoms with E-state index in [-0.39, 0.29) is 4.92 Å². The van der Waals surface area contributed by atoms with Gasteiger partial charge in [-0.2, -0.15) is 0 Å². The molecule has 2 heterocycles. The van der Waals surface area contributed by atoms with Crippen LogP contribution >= 0.6 is 0 Å². The first-order valence-corrected chi connectivity index (χ1v) is 5.05. The second-order valence-electron chi connectivity index (χ2n) is 4.43. The lowest BCUT2D eigenvalue weighted by atomic mass is 10.1. The van der Waals surface area contributed by atoms with Gasteiger partial charge in [-0.1, -0.05) is 0 Å². The Morgan fingerprint density at radius 1 is 1.50 bits per heavy atom. The third-order valence-corrected chi connectivity index (χ3v) is 2.57. The van der Waals surface area contributed by atoms with Crippen molar-refractivity contribution in [1.29, 1.82) is 0 Å². The van der Waals surface area contributed by atoms with Crippen LogP contribution in [0.2, 0.25) is 0 Å². The van der Waals surface area contributed by atoms with Crippen LogP contribution in [-0.4, -0.2) is 20.0 Å². The van der Waals surface area contributed by atoms with Crippen molar-refractivity contribution in [3.8, 4) is 0 Å². The highest BCUT2D eigenvalue weighted by Gasteiger charge is 2.31. The molecule has 0 aliphatic rings. The fraction of sp³-hybridized carbons (Fsp3) is 0.364. The van der Waals surface area contributed by atoms with Gasteiger partial charge in [-0.15, -0.1) is 0 Å². The molecule has 0 aromatic carbocycles. The summed E-state index contributed by atoms with van der Waals surface area (Å²) in [5, 5.41) is 11.9. The van der Waals surface area contributed by atoms with Crippen LogP contribution in [0.15, 0.2) is 30.6 Å². The minimum atomic E-state index is -0.983. The predicted molar refractivity (Wildman–Crippen MR) is 60.8 cm³/mol. The second kappa shape index (κ2) is 3.59. The number of fused-ring (bicyclic) bond motifs is 1. The molecule has 0 amide bonds. The maximum absolute atomic E-state index is 10.9. The maximum atomic E-state index is 10.9. The number of hydrogen-bond acceptors (Lipinski definition) is 3. The summed E-state index contributed by atoms with van der Waals surface area (Å²) in [5.74, 6) is 0. The first-order valence-electron chi connectivity index (χ1n) is 5.05. The van der Waals surface area contributed by atoms with Gasteiger partial charge in [0.15, 0.2) is 0 Å². The molecule has 0 saturated heterocycles. The summed E-state index contributed by atoms with van der Waals surface area (Å²) in [6.45, 7) is 3.55. The molecule has 0 unspecified atom stereocenters. The van der Waals surface area contributed by atoms with Gasteiger partial charge in [0.05, 0.1) is 6.54 Å². The molecule has 0 atom stereocenters. The number of nitrogens with zero attached hydrogens (tertiary/aromatic N) is 3. The Morgan fingerprint density at radius 3 is 2.94 bits per heavy atom. The van der Waals surface area contributed by atoms with Gasteiger partial charge < -0.3 is 4.57 Å². The predicted octanol–water partition coefficient (Wildman–Crippen LogP) is 2.09. The minimum Gasteiger partial charge on any atom is -0.325 e. The third kappa shape index (κ3) is 1.76. The molecule has 0 bridgehead atoms. The highest BCUT2D eigenvalue weighted by atomic mass is 16.6. The second-order valence-corrected chi connectivity index (χ2v) is 4.43. The van der Waals surface area contributed by atoms with Gasteiger partial charge in [0.25, 0.3) is 0 Å². The Kier molecular flexibility index (Phi) is 2.38. The number of nitro groups is 1. The summed E-state index contributed by atoms with van der Waals surface area (Å²) < 4.78 is 1.82. The average Bonchev–Trinajstić information content (AvgIpc) is 2.61. The lowest BCUT2D eigenvalue weighted by Gasteiger charge is -2.16.